The molecule has 0 saturated carbocycles. The Balaban J connectivity index is 1.55. The molecule has 0 spiro atoms. The summed E-state index contributed by atoms with van der Waals surface area (Å²) in [6.07, 6.45) is 1.50. The number of aliphatic hydroxyl groups is 1. The summed E-state index contributed by atoms with van der Waals surface area (Å²) in [7, 11) is 0. The van der Waals surface area contributed by atoms with Gasteiger partial charge in [-0.05, 0) is 25.0 Å². The number of nitrogens with zero attached hydrogens (tertiary/aromatic N) is 2. The van der Waals surface area contributed by atoms with Crippen LogP contribution in [0.3, 0.4) is 0 Å². The Bertz CT molecular complexity index is 701. The van der Waals surface area contributed by atoms with Gasteiger partial charge in [-0.25, -0.2) is 9.59 Å². The first kappa shape index (κ1) is 19.2. The number of benzene rings is 1. The molecule has 1 aromatic rings. The normalized spacial score (nSPS) is 22.2. The molecule has 2 aliphatic rings. The minimum absolute atomic E-state index is 0.0268. The Kier molecular flexibility index (Phi) is 5.65. The highest BCUT2D eigenvalue weighted by Gasteiger charge is 2.42. The fraction of sp³-hybridized carbons (Fsp3) is 0.526. The van der Waals surface area contributed by atoms with Crippen LogP contribution in [0.4, 0.5) is 10.5 Å². The standard InChI is InChI=1S/C19H25N3O5/c23-16(21-11-8-19(27,9-12-21)17(24)25)14-5-4-10-22(13-14)18(26)20-15-6-2-1-3-7-15/h1-3,6-7,14,27H,4-5,8-13H2,(H,20,26)(H,24,25). The monoisotopic (exact) mass is 375 g/mol. The van der Waals surface area contributed by atoms with Crippen LogP contribution in [0.25, 0.3) is 0 Å². The van der Waals surface area contributed by atoms with Crippen molar-refractivity contribution < 1.29 is 24.6 Å². The molecule has 1 unspecified atom stereocenters. The lowest BCUT2D eigenvalue weighted by atomic mass is 9.90. The van der Waals surface area contributed by atoms with Crippen LogP contribution in [0.1, 0.15) is 25.7 Å². The topological polar surface area (TPSA) is 110 Å². The van der Waals surface area contributed by atoms with Gasteiger partial charge in [0.25, 0.3) is 0 Å². The van der Waals surface area contributed by atoms with E-state index in [4.69, 9.17) is 5.11 Å². The van der Waals surface area contributed by atoms with Crippen LogP contribution >= 0.6 is 0 Å². The average molecular weight is 375 g/mol. The van der Waals surface area contributed by atoms with E-state index in [0.29, 0.717) is 25.2 Å². The van der Waals surface area contributed by atoms with E-state index in [1.165, 1.54) is 0 Å². The Morgan fingerprint density at radius 3 is 2.33 bits per heavy atom. The number of amides is 3. The second-order valence-electron chi connectivity index (χ2n) is 7.24. The van der Waals surface area contributed by atoms with Crippen LogP contribution in [-0.4, -0.2) is 69.7 Å². The van der Waals surface area contributed by atoms with Crippen molar-refractivity contribution in [3.8, 4) is 0 Å². The van der Waals surface area contributed by atoms with Gasteiger partial charge in [0, 0.05) is 44.7 Å². The zero-order valence-corrected chi connectivity index (χ0v) is 15.1. The number of carbonyl (C=O) groups is 3. The average Bonchev–Trinajstić information content (AvgIpc) is 2.69. The van der Waals surface area contributed by atoms with Crippen LogP contribution < -0.4 is 5.32 Å². The summed E-state index contributed by atoms with van der Waals surface area (Å²) in [5, 5.41) is 21.9. The SMILES string of the molecule is O=C(Nc1ccccc1)N1CCCC(C(=O)N2CCC(O)(C(=O)O)CC2)C1. The molecule has 2 aliphatic heterocycles. The molecule has 2 saturated heterocycles. The summed E-state index contributed by atoms with van der Waals surface area (Å²) in [6, 6.07) is 8.94. The number of carboxylic acid groups (broad SMARTS) is 1. The molecule has 1 atom stereocenters. The predicted molar refractivity (Wildman–Crippen MR) is 98.2 cm³/mol. The lowest BCUT2D eigenvalue weighted by Gasteiger charge is -2.39. The molecular weight excluding hydrogens is 350 g/mol. The van der Waals surface area contributed by atoms with Crippen molar-refractivity contribution >= 4 is 23.6 Å². The highest BCUT2D eigenvalue weighted by atomic mass is 16.4. The minimum Gasteiger partial charge on any atom is -0.479 e. The van der Waals surface area contributed by atoms with Gasteiger partial charge >= 0.3 is 12.0 Å². The molecular formula is C19H25N3O5. The first-order chi connectivity index (χ1) is 12.9. The second-order valence-corrected chi connectivity index (χ2v) is 7.24. The van der Waals surface area contributed by atoms with Crippen LogP contribution in [0.5, 0.6) is 0 Å². The number of urea groups is 1. The zero-order chi connectivity index (χ0) is 19.4. The lowest BCUT2D eigenvalue weighted by molar-refractivity contribution is -0.166. The van der Waals surface area contributed by atoms with E-state index < -0.39 is 11.6 Å². The molecule has 0 aromatic heterocycles. The number of hydrogen-bond acceptors (Lipinski definition) is 4. The van der Waals surface area contributed by atoms with Gasteiger partial charge in [0.15, 0.2) is 5.60 Å². The molecule has 1 aromatic carbocycles. The molecule has 146 valence electrons. The molecule has 0 radical (unpaired) electrons. The maximum Gasteiger partial charge on any atom is 0.335 e. The van der Waals surface area contributed by atoms with Gasteiger partial charge in [-0.3, -0.25) is 4.79 Å². The molecule has 0 aliphatic carbocycles. The third kappa shape index (κ3) is 4.39. The summed E-state index contributed by atoms with van der Waals surface area (Å²) in [5.74, 6) is -1.60. The number of aliphatic carboxylic acids is 1. The van der Waals surface area contributed by atoms with E-state index in [0.717, 1.165) is 6.42 Å². The Morgan fingerprint density at radius 2 is 1.70 bits per heavy atom. The van der Waals surface area contributed by atoms with Crippen molar-refractivity contribution in [2.75, 3.05) is 31.5 Å². The fourth-order valence-electron chi connectivity index (χ4n) is 3.66. The van der Waals surface area contributed by atoms with E-state index >= 15 is 0 Å². The van der Waals surface area contributed by atoms with Gasteiger partial charge in [0.05, 0.1) is 5.92 Å². The quantitative estimate of drug-likeness (QED) is 0.739. The van der Waals surface area contributed by atoms with E-state index in [9.17, 15) is 19.5 Å². The highest BCUT2D eigenvalue weighted by Crippen LogP contribution is 2.26. The molecule has 3 N–H and O–H groups in total. The third-order valence-electron chi connectivity index (χ3n) is 5.38. The number of carbonyl (C=O) groups excluding carboxylic acids is 2. The highest BCUT2D eigenvalue weighted by molar-refractivity contribution is 5.90. The first-order valence-electron chi connectivity index (χ1n) is 9.24. The number of para-hydroxylation sites is 1. The maximum absolute atomic E-state index is 12.8. The Labute approximate surface area is 157 Å². The molecule has 27 heavy (non-hydrogen) atoms. The number of piperidine rings is 2. The predicted octanol–water partition coefficient (Wildman–Crippen LogP) is 1.37. The minimum atomic E-state index is -1.75. The van der Waals surface area contributed by atoms with Crippen molar-refractivity contribution in [3.63, 3.8) is 0 Å². The van der Waals surface area contributed by atoms with Crippen molar-refractivity contribution in [2.24, 2.45) is 5.92 Å². The summed E-state index contributed by atoms with van der Waals surface area (Å²) in [6.45, 7) is 1.38. The number of rotatable bonds is 3. The summed E-state index contributed by atoms with van der Waals surface area (Å²) in [5.41, 5.74) is -1.04. The van der Waals surface area contributed by atoms with Gasteiger partial charge in [-0.1, -0.05) is 18.2 Å². The molecule has 0 bridgehead atoms. The summed E-state index contributed by atoms with van der Waals surface area (Å²) in [4.78, 5) is 39.6. The molecule has 3 amide bonds. The van der Waals surface area contributed by atoms with Crippen molar-refractivity contribution in [1.29, 1.82) is 0 Å². The van der Waals surface area contributed by atoms with Crippen molar-refractivity contribution in [1.82, 2.24) is 9.80 Å². The van der Waals surface area contributed by atoms with Crippen LogP contribution in [0.15, 0.2) is 30.3 Å². The number of hydrogen-bond donors (Lipinski definition) is 3. The second kappa shape index (κ2) is 7.96. The number of carboxylic acids is 1. The molecule has 8 nitrogen and oxygen atoms in total. The molecule has 2 fully saturated rings. The van der Waals surface area contributed by atoms with Crippen molar-refractivity contribution in [2.45, 2.75) is 31.3 Å². The molecule has 3 rings (SSSR count). The maximum atomic E-state index is 12.8. The van der Waals surface area contributed by atoms with Crippen LogP contribution in [0, 0.1) is 5.92 Å². The Hall–Kier alpha value is -2.61. The largest absolute Gasteiger partial charge is 0.479 e. The third-order valence-corrected chi connectivity index (χ3v) is 5.38. The van der Waals surface area contributed by atoms with Gasteiger partial charge in [0.2, 0.25) is 5.91 Å². The van der Waals surface area contributed by atoms with E-state index in [1.54, 1.807) is 9.80 Å². The van der Waals surface area contributed by atoms with Crippen molar-refractivity contribution in [3.05, 3.63) is 30.3 Å². The Morgan fingerprint density at radius 1 is 1.04 bits per heavy atom. The lowest BCUT2D eigenvalue weighted by Crippen LogP contribution is -2.54. The van der Waals surface area contributed by atoms with E-state index in [1.807, 2.05) is 30.3 Å². The van der Waals surface area contributed by atoms with Gasteiger partial charge in [-0.2, -0.15) is 0 Å². The number of anilines is 1. The van der Waals surface area contributed by atoms with Gasteiger partial charge < -0.3 is 25.3 Å². The molecule has 8 heteroatoms. The molecule has 2 heterocycles. The van der Waals surface area contributed by atoms with Crippen LogP contribution in [0.2, 0.25) is 0 Å². The van der Waals surface area contributed by atoms with Gasteiger partial charge in [-0.15, -0.1) is 0 Å². The smallest absolute Gasteiger partial charge is 0.335 e. The first-order valence-corrected chi connectivity index (χ1v) is 9.24. The van der Waals surface area contributed by atoms with Crippen LogP contribution in [-0.2, 0) is 9.59 Å². The fourth-order valence-corrected chi connectivity index (χ4v) is 3.66. The van der Waals surface area contributed by atoms with Gasteiger partial charge in [0.1, 0.15) is 0 Å². The number of likely N-dealkylation sites (tertiary alicyclic amines) is 2. The van der Waals surface area contributed by atoms with E-state index in [-0.39, 0.29) is 43.8 Å². The van der Waals surface area contributed by atoms with E-state index in [2.05, 4.69) is 5.32 Å². The zero-order valence-electron chi connectivity index (χ0n) is 15.1. The summed E-state index contributed by atoms with van der Waals surface area (Å²) < 4.78 is 0. The number of nitrogens with one attached hydrogen (secondary N) is 1. The summed E-state index contributed by atoms with van der Waals surface area (Å²) >= 11 is 0.